The van der Waals surface area contributed by atoms with E-state index in [1.165, 1.54) is 0 Å². The van der Waals surface area contributed by atoms with Gasteiger partial charge < -0.3 is 14.2 Å². The summed E-state index contributed by atoms with van der Waals surface area (Å²) in [6.45, 7) is 6.01. The van der Waals surface area contributed by atoms with Gasteiger partial charge >= 0.3 is 0 Å². The van der Waals surface area contributed by atoms with Gasteiger partial charge in [-0.1, -0.05) is 20.8 Å². The van der Waals surface area contributed by atoms with E-state index in [0.717, 1.165) is 0 Å². The molecule has 4 nitrogen and oxygen atoms in total. The molecule has 0 spiro atoms. The minimum Gasteiger partial charge on any atom is -0.461 e. The summed E-state index contributed by atoms with van der Waals surface area (Å²) in [5.41, 5.74) is -0.392. The highest BCUT2D eigenvalue weighted by Gasteiger charge is 2.21. The zero-order valence-electron chi connectivity index (χ0n) is 10.8. The molecule has 0 saturated heterocycles. The molecule has 0 atom stereocenters. The van der Waals surface area contributed by atoms with Crippen molar-refractivity contribution in [3.05, 3.63) is 36.3 Å². The van der Waals surface area contributed by atoms with E-state index in [2.05, 4.69) is 5.32 Å². The lowest BCUT2D eigenvalue weighted by atomic mass is 9.96. The molecule has 2 heterocycles. The van der Waals surface area contributed by atoms with Crippen molar-refractivity contribution in [3.8, 4) is 11.5 Å². The summed E-state index contributed by atoms with van der Waals surface area (Å²) < 4.78 is 10.8. The number of carbonyl (C=O) groups excluding carboxylic acids is 1. The molecule has 96 valence electrons. The van der Waals surface area contributed by atoms with E-state index in [9.17, 15) is 4.79 Å². The highest BCUT2D eigenvalue weighted by atomic mass is 16.4. The Morgan fingerprint density at radius 3 is 2.61 bits per heavy atom. The molecular weight excluding hydrogens is 230 g/mol. The van der Waals surface area contributed by atoms with Crippen molar-refractivity contribution in [1.82, 2.24) is 5.32 Å². The van der Waals surface area contributed by atoms with Crippen molar-refractivity contribution in [3.63, 3.8) is 0 Å². The molecule has 18 heavy (non-hydrogen) atoms. The monoisotopic (exact) mass is 247 g/mol. The average molecular weight is 247 g/mol. The minimum absolute atomic E-state index is 0.00144. The zero-order valence-corrected chi connectivity index (χ0v) is 10.8. The smallest absolute Gasteiger partial charge is 0.225 e. The molecule has 0 aliphatic heterocycles. The van der Waals surface area contributed by atoms with Gasteiger partial charge in [0.2, 0.25) is 5.91 Å². The van der Waals surface area contributed by atoms with Crippen molar-refractivity contribution in [1.29, 1.82) is 0 Å². The highest BCUT2D eigenvalue weighted by Crippen LogP contribution is 2.22. The Balaban J connectivity index is 1.98. The number of hydrogen-bond donors (Lipinski definition) is 1. The van der Waals surface area contributed by atoms with Crippen LogP contribution in [0.15, 0.2) is 39.4 Å². The van der Waals surface area contributed by atoms with Crippen LogP contribution in [-0.4, -0.2) is 5.91 Å². The summed E-state index contributed by atoms with van der Waals surface area (Å²) in [6, 6.07) is 7.30. The van der Waals surface area contributed by atoms with Crippen LogP contribution < -0.4 is 5.32 Å². The number of nitrogens with one attached hydrogen (secondary N) is 1. The molecule has 0 aliphatic carbocycles. The van der Waals surface area contributed by atoms with Gasteiger partial charge in [-0.05, 0) is 24.3 Å². The minimum atomic E-state index is -0.392. The normalized spacial score (nSPS) is 11.5. The predicted molar refractivity (Wildman–Crippen MR) is 67.7 cm³/mol. The number of hydrogen-bond acceptors (Lipinski definition) is 3. The van der Waals surface area contributed by atoms with Crippen LogP contribution in [0.25, 0.3) is 11.5 Å². The van der Waals surface area contributed by atoms with Gasteiger partial charge in [0.15, 0.2) is 11.5 Å². The number of carbonyl (C=O) groups is 1. The standard InChI is InChI=1S/C14H17NO3/c1-14(2,3)13(16)15-9-10-6-7-12(18-10)11-5-4-8-17-11/h4-8H,9H2,1-3H3,(H,15,16). The first-order chi connectivity index (χ1) is 8.47. The molecule has 0 unspecified atom stereocenters. The lowest BCUT2D eigenvalue weighted by Crippen LogP contribution is -2.34. The van der Waals surface area contributed by atoms with Crippen LogP contribution in [0.5, 0.6) is 0 Å². The quantitative estimate of drug-likeness (QED) is 0.906. The summed E-state index contributed by atoms with van der Waals surface area (Å²) in [6.07, 6.45) is 1.60. The first kappa shape index (κ1) is 12.5. The number of furan rings is 2. The van der Waals surface area contributed by atoms with E-state index >= 15 is 0 Å². The number of rotatable bonds is 3. The second kappa shape index (κ2) is 4.72. The largest absolute Gasteiger partial charge is 0.461 e. The Labute approximate surface area is 106 Å². The molecule has 2 aromatic rings. The van der Waals surface area contributed by atoms with Gasteiger partial charge in [-0.3, -0.25) is 4.79 Å². The summed E-state index contributed by atoms with van der Waals surface area (Å²) in [7, 11) is 0. The molecule has 1 N–H and O–H groups in total. The van der Waals surface area contributed by atoms with Crippen LogP contribution in [0.1, 0.15) is 26.5 Å². The zero-order chi connectivity index (χ0) is 13.2. The van der Waals surface area contributed by atoms with Crippen LogP contribution in [0.3, 0.4) is 0 Å². The molecule has 0 aromatic carbocycles. The second-order valence-electron chi connectivity index (χ2n) is 5.18. The summed E-state index contributed by atoms with van der Waals surface area (Å²) in [5.74, 6) is 2.06. The Morgan fingerprint density at radius 1 is 1.22 bits per heavy atom. The van der Waals surface area contributed by atoms with Crippen molar-refractivity contribution in [2.24, 2.45) is 5.41 Å². The highest BCUT2D eigenvalue weighted by molar-refractivity contribution is 5.81. The van der Waals surface area contributed by atoms with Crippen molar-refractivity contribution >= 4 is 5.91 Å². The topological polar surface area (TPSA) is 55.4 Å². The van der Waals surface area contributed by atoms with Crippen LogP contribution >= 0.6 is 0 Å². The van der Waals surface area contributed by atoms with E-state index in [4.69, 9.17) is 8.83 Å². The van der Waals surface area contributed by atoms with Gasteiger partial charge in [0.05, 0.1) is 12.8 Å². The van der Waals surface area contributed by atoms with Gasteiger partial charge in [-0.2, -0.15) is 0 Å². The maximum atomic E-state index is 11.7. The van der Waals surface area contributed by atoms with Gasteiger partial charge in [-0.15, -0.1) is 0 Å². The van der Waals surface area contributed by atoms with E-state index in [0.29, 0.717) is 23.8 Å². The molecule has 0 saturated carbocycles. The fourth-order valence-corrected chi connectivity index (χ4v) is 1.46. The van der Waals surface area contributed by atoms with Crippen LogP contribution in [0, 0.1) is 5.41 Å². The summed E-state index contributed by atoms with van der Waals surface area (Å²) >= 11 is 0. The second-order valence-corrected chi connectivity index (χ2v) is 5.18. The third-order valence-corrected chi connectivity index (χ3v) is 2.53. The fourth-order valence-electron chi connectivity index (χ4n) is 1.46. The van der Waals surface area contributed by atoms with Crippen LogP contribution in [0.2, 0.25) is 0 Å². The maximum absolute atomic E-state index is 11.7. The third kappa shape index (κ3) is 2.83. The molecule has 1 amide bonds. The predicted octanol–water partition coefficient (Wildman–Crippen LogP) is 3.20. The lowest BCUT2D eigenvalue weighted by Gasteiger charge is -2.16. The summed E-state index contributed by atoms with van der Waals surface area (Å²) in [5, 5.41) is 2.83. The van der Waals surface area contributed by atoms with Gasteiger partial charge in [0.25, 0.3) is 0 Å². The lowest BCUT2D eigenvalue weighted by molar-refractivity contribution is -0.128. The van der Waals surface area contributed by atoms with Gasteiger partial charge in [-0.25, -0.2) is 0 Å². The Morgan fingerprint density at radius 2 is 2.00 bits per heavy atom. The van der Waals surface area contributed by atoms with Crippen LogP contribution in [-0.2, 0) is 11.3 Å². The van der Waals surface area contributed by atoms with Crippen molar-refractivity contribution < 1.29 is 13.6 Å². The Hall–Kier alpha value is -1.97. The molecule has 0 radical (unpaired) electrons. The fraction of sp³-hybridized carbons (Fsp3) is 0.357. The van der Waals surface area contributed by atoms with Gasteiger partial charge in [0.1, 0.15) is 5.76 Å². The Bertz CT molecular complexity index is 517. The van der Waals surface area contributed by atoms with E-state index < -0.39 is 5.41 Å². The summed E-state index contributed by atoms with van der Waals surface area (Å²) in [4.78, 5) is 11.7. The van der Waals surface area contributed by atoms with E-state index in [1.807, 2.05) is 39.0 Å². The first-order valence-corrected chi connectivity index (χ1v) is 5.88. The Kier molecular flexibility index (Phi) is 3.28. The molecule has 4 heteroatoms. The van der Waals surface area contributed by atoms with E-state index in [1.54, 1.807) is 12.3 Å². The molecule has 2 aromatic heterocycles. The van der Waals surface area contributed by atoms with Crippen molar-refractivity contribution in [2.45, 2.75) is 27.3 Å². The number of amides is 1. The molecule has 0 fully saturated rings. The molecule has 0 bridgehead atoms. The van der Waals surface area contributed by atoms with Gasteiger partial charge in [0, 0.05) is 5.41 Å². The SMILES string of the molecule is CC(C)(C)C(=O)NCc1ccc(-c2ccco2)o1. The average Bonchev–Trinajstić information content (AvgIpc) is 2.94. The maximum Gasteiger partial charge on any atom is 0.225 e. The molecular formula is C14H17NO3. The third-order valence-electron chi connectivity index (χ3n) is 2.53. The molecule has 0 aliphatic rings. The van der Waals surface area contributed by atoms with Crippen molar-refractivity contribution in [2.75, 3.05) is 0 Å². The molecule has 2 rings (SSSR count). The van der Waals surface area contributed by atoms with E-state index in [-0.39, 0.29) is 5.91 Å². The van der Waals surface area contributed by atoms with Crippen LogP contribution in [0.4, 0.5) is 0 Å². The first-order valence-electron chi connectivity index (χ1n) is 5.88.